The first kappa shape index (κ1) is 20.4. The Morgan fingerprint density at radius 2 is 1.33 bits per heavy atom. The topological polar surface area (TPSA) is 66.8 Å². The lowest BCUT2D eigenvalue weighted by Gasteiger charge is -2.10. The van der Waals surface area contributed by atoms with Gasteiger partial charge in [-0.1, -0.05) is 58.3 Å². The first-order valence-electron chi connectivity index (χ1n) is 8.53. The zero-order chi connectivity index (χ0) is 15.9. The van der Waals surface area contributed by atoms with Crippen molar-refractivity contribution >= 4 is 5.97 Å². The predicted molar refractivity (Wildman–Crippen MR) is 85.1 cm³/mol. The minimum absolute atomic E-state index is 0.0977. The zero-order valence-electron chi connectivity index (χ0n) is 13.9. The van der Waals surface area contributed by atoms with Crippen LogP contribution in [0.1, 0.15) is 84.0 Å². The number of carbonyl (C=O) groups excluding carboxylic acids is 1. The summed E-state index contributed by atoms with van der Waals surface area (Å²) in [7, 11) is 1.34. The van der Waals surface area contributed by atoms with Gasteiger partial charge in [0.1, 0.15) is 0 Å². The molecule has 0 heterocycles. The van der Waals surface area contributed by atoms with Crippen LogP contribution in [-0.4, -0.2) is 35.5 Å². The van der Waals surface area contributed by atoms with Crippen molar-refractivity contribution in [1.29, 1.82) is 0 Å². The first-order chi connectivity index (χ1) is 10.1. The molecule has 2 atom stereocenters. The van der Waals surface area contributed by atoms with Crippen LogP contribution in [0.3, 0.4) is 0 Å². The number of ether oxygens (including phenoxy) is 1. The average molecular weight is 302 g/mol. The van der Waals surface area contributed by atoms with Crippen LogP contribution in [0.4, 0.5) is 0 Å². The molecule has 0 rings (SSSR count). The summed E-state index contributed by atoms with van der Waals surface area (Å²) >= 11 is 0. The normalized spacial score (nSPS) is 13.9. The van der Waals surface area contributed by atoms with E-state index in [0.717, 1.165) is 51.4 Å². The van der Waals surface area contributed by atoms with Gasteiger partial charge in [-0.2, -0.15) is 0 Å². The number of methoxy groups -OCH3 is 1. The molecule has 0 aliphatic rings. The summed E-state index contributed by atoms with van der Waals surface area (Å²) in [4.78, 5) is 10.9. The molecule has 0 aliphatic carbocycles. The Kier molecular flexibility index (Phi) is 13.9. The van der Waals surface area contributed by atoms with Crippen LogP contribution in [-0.2, 0) is 9.53 Å². The zero-order valence-corrected chi connectivity index (χ0v) is 13.9. The minimum atomic E-state index is -0.571. The van der Waals surface area contributed by atoms with E-state index in [2.05, 4.69) is 11.7 Å². The molecule has 0 aliphatic heterocycles. The van der Waals surface area contributed by atoms with Crippen molar-refractivity contribution in [3.8, 4) is 0 Å². The molecule has 0 bridgehead atoms. The van der Waals surface area contributed by atoms with Gasteiger partial charge >= 0.3 is 5.97 Å². The predicted octanol–water partition coefficient (Wildman–Crippen LogP) is 3.58. The standard InChI is InChI=1S/C17H34O4/c1-3-4-8-11-15(18)12-9-6-5-7-10-13-16(19)14-17(20)21-2/h15-16,18-19H,3-14H2,1-2H3. The molecule has 0 saturated carbocycles. The third kappa shape index (κ3) is 14.1. The van der Waals surface area contributed by atoms with Crippen LogP contribution in [0.5, 0.6) is 0 Å². The number of unbranched alkanes of at least 4 members (excludes halogenated alkanes) is 6. The van der Waals surface area contributed by atoms with Crippen LogP contribution in [0, 0.1) is 0 Å². The maximum atomic E-state index is 10.9. The SMILES string of the molecule is CCCCCC(O)CCCCCCCC(O)CC(=O)OC. The van der Waals surface area contributed by atoms with Crippen LogP contribution in [0.15, 0.2) is 0 Å². The molecule has 0 amide bonds. The van der Waals surface area contributed by atoms with Crippen molar-refractivity contribution in [2.75, 3.05) is 7.11 Å². The smallest absolute Gasteiger partial charge is 0.308 e. The van der Waals surface area contributed by atoms with E-state index in [9.17, 15) is 15.0 Å². The minimum Gasteiger partial charge on any atom is -0.469 e. The highest BCUT2D eigenvalue weighted by molar-refractivity contribution is 5.69. The quantitative estimate of drug-likeness (QED) is 0.380. The molecule has 4 heteroatoms. The Balaban J connectivity index is 3.30. The fourth-order valence-corrected chi connectivity index (χ4v) is 2.44. The van der Waals surface area contributed by atoms with Crippen molar-refractivity contribution < 1.29 is 19.7 Å². The fraction of sp³-hybridized carbons (Fsp3) is 0.941. The first-order valence-corrected chi connectivity index (χ1v) is 8.53. The summed E-state index contributed by atoms with van der Waals surface area (Å²) in [5, 5.41) is 19.4. The molecule has 126 valence electrons. The van der Waals surface area contributed by atoms with Crippen molar-refractivity contribution in [2.24, 2.45) is 0 Å². The molecule has 0 radical (unpaired) electrons. The highest BCUT2D eigenvalue weighted by Gasteiger charge is 2.10. The lowest BCUT2D eigenvalue weighted by atomic mass is 10.0. The molecule has 0 aromatic carbocycles. The lowest BCUT2D eigenvalue weighted by molar-refractivity contribution is -0.142. The van der Waals surface area contributed by atoms with Crippen LogP contribution in [0.2, 0.25) is 0 Å². The highest BCUT2D eigenvalue weighted by atomic mass is 16.5. The second-order valence-corrected chi connectivity index (χ2v) is 5.93. The summed E-state index contributed by atoms with van der Waals surface area (Å²) in [6.45, 7) is 2.18. The van der Waals surface area contributed by atoms with E-state index >= 15 is 0 Å². The van der Waals surface area contributed by atoms with Gasteiger partial charge in [-0.25, -0.2) is 0 Å². The second kappa shape index (κ2) is 14.3. The van der Waals surface area contributed by atoms with E-state index in [1.54, 1.807) is 0 Å². The van der Waals surface area contributed by atoms with E-state index in [1.807, 2.05) is 0 Å². The van der Waals surface area contributed by atoms with Crippen LogP contribution < -0.4 is 0 Å². The highest BCUT2D eigenvalue weighted by Crippen LogP contribution is 2.13. The third-order valence-electron chi connectivity index (χ3n) is 3.85. The molecule has 4 nitrogen and oxygen atoms in total. The Labute approximate surface area is 129 Å². The summed E-state index contributed by atoms with van der Waals surface area (Å²) in [5.41, 5.74) is 0. The average Bonchev–Trinajstić information content (AvgIpc) is 2.46. The Morgan fingerprint density at radius 3 is 1.86 bits per heavy atom. The molecule has 0 saturated heterocycles. The van der Waals surface area contributed by atoms with E-state index in [4.69, 9.17) is 0 Å². The number of carbonyl (C=O) groups is 1. The fourth-order valence-electron chi connectivity index (χ4n) is 2.44. The van der Waals surface area contributed by atoms with Crippen LogP contribution >= 0.6 is 0 Å². The van der Waals surface area contributed by atoms with E-state index < -0.39 is 6.10 Å². The summed E-state index contributed by atoms with van der Waals surface area (Å²) < 4.78 is 4.52. The number of aliphatic hydroxyl groups excluding tert-OH is 2. The molecular weight excluding hydrogens is 268 g/mol. The summed E-state index contributed by atoms with van der Waals surface area (Å²) in [6.07, 6.45) is 10.8. The van der Waals surface area contributed by atoms with Crippen LogP contribution in [0.25, 0.3) is 0 Å². The van der Waals surface area contributed by atoms with Gasteiger partial charge in [0.15, 0.2) is 0 Å². The number of aliphatic hydroxyl groups is 2. The van der Waals surface area contributed by atoms with Gasteiger partial charge in [0.05, 0.1) is 25.7 Å². The monoisotopic (exact) mass is 302 g/mol. The Bertz CT molecular complexity index is 243. The van der Waals surface area contributed by atoms with Gasteiger partial charge in [-0.3, -0.25) is 4.79 Å². The Hall–Kier alpha value is -0.610. The van der Waals surface area contributed by atoms with Gasteiger partial charge in [0.2, 0.25) is 0 Å². The number of hydrogen-bond donors (Lipinski definition) is 2. The van der Waals surface area contributed by atoms with Gasteiger partial charge in [0, 0.05) is 0 Å². The molecular formula is C17H34O4. The number of rotatable bonds is 14. The molecule has 2 unspecified atom stereocenters. The Morgan fingerprint density at radius 1 is 0.857 bits per heavy atom. The molecule has 0 aromatic heterocycles. The summed E-state index contributed by atoms with van der Waals surface area (Å²) in [5.74, 6) is -0.348. The van der Waals surface area contributed by atoms with E-state index in [-0.39, 0.29) is 18.5 Å². The second-order valence-electron chi connectivity index (χ2n) is 5.93. The number of esters is 1. The maximum absolute atomic E-state index is 10.9. The summed E-state index contributed by atoms with van der Waals surface area (Å²) in [6, 6.07) is 0. The molecule has 0 spiro atoms. The molecule has 21 heavy (non-hydrogen) atoms. The third-order valence-corrected chi connectivity index (χ3v) is 3.85. The van der Waals surface area contributed by atoms with Crippen molar-refractivity contribution in [1.82, 2.24) is 0 Å². The molecule has 0 fully saturated rings. The van der Waals surface area contributed by atoms with Gasteiger partial charge < -0.3 is 14.9 Å². The molecule has 0 aromatic rings. The lowest BCUT2D eigenvalue weighted by Crippen LogP contribution is -2.14. The number of hydrogen-bond acceptors (Lipinski definition) is 4. The van der Waals surface area contributed by atoms with Gasteiger partial charge in [-0.15, -0.1) is 0 Å². The van der Waals surface area contributed by atoms with Crippen molar-refractivity contribution in [3.63, 3.8) is 0 Å². The largest absolute Gasteiger partial charge is 0.469 e. The van der Waals surface area contributed by atoms with E-state index in [1.165, 1.54) is 20.0 Å². The van der Waals surface area contributed by atoms with E-state index in [0.29, 0.717) is 6.42 Å². The van der Waals surface area contributed by atoms with Gasteiger partial charge in [-0.05, 0) is 19.3 Å². The van der Waals surface area contributed by atoms with Crippen molar-refractivity contribution in [2.45, 2.75) is 96.2 Å². The van der Waals surface area contributed by atoms with Crippen molar-refractivity contribution in [3.05, 3.63) is 0 Å². The van der Waals surface area contributed by atoms with Gasteiger partial charge in [0.25, 0.3) is 0 Å². The maximum Gasteiger partial charge on any atom is 0.308 e. The molecule has 2 N–H and O–H groups in total.